The fourth-order valence-electron chi connectivity index (χ4n) is 2.02. The number of hydrogen-bond acceptors (Lipinski definition) is 3. The van der Waals surface area contributed by atoms with Crippen LogP contribution in [0.25, 0.3) is 0 Å². The molecule has 1 heterocycles. The summed E-state index contributed by atoms with van der Waals surface area (Å²) in [6, 6.07) is -0.234. The van der Waals surface area contributed by atoms with Gasteiger partial charge in [0.1, 0.15) is 0 Å². The summed E-state index contributed by atoms with van der Waals surface area (Å²) in [5.41, 5.74) is -0.516. The van der Waals surface area contributed by atoms with Gasteiger partial charge in [-0.25, -0.2) is 4.79 Å². The second-order valence-electron chi connectivity index (χ2n) is 5.67. The third-order valence-electron chi connectivity index (χ3n) is 3.31. The minimum atomic E-state index is -0.850. The molecule has 1 aliphatic rings. The van der Waals surface area contributed by atoms with Gasteiger partial charge >= 0.3 is 12.0 Å². The molecule has 1 rings (SSSR count). The van der Waals surface area contributed by atoms with Gasteiger partial charge in [0.05, 0.1) is 0 Å². The van der Waals surface area contributed by atoms with E-state index in [1.54, 1.807) is 0 Å². The van der Waals surface area contributed by atoms with Gasteiger partial charge in [0.25, 0.3) is 0 Å². The molecule has 0 aliphatic carbocycles. The fraction of sp³-hybridized carbons (Fsp3) is 0.846. The average Bonchev–Trinajstić information content (AvgIpc) is 2.35. The third-order valence-corrected chi connectivity index (χ3v) is 3.31. The zero-order chi connectivity index (χ0) is 14.3. The molecule has 0 bridgehead atoms. The molecule has 0 aromatic heterocycles. The highest BCUT2D eigenvalue weighted by Gasteiger charge is 2.22. The summed E-state index contributed by atoms with van der Waals surface area (Å²) in [5.74, 6) is -0.376. The van der Waals surface area contributed by atoms with E-state index in [4.69, 9.17) is 9.84 Å². The van der Waals surface area contributed by atoms with Gasteiger partial charge in [-0.1, -0.05) is 0 Å². The molecule has 110 valence electrons. The molecule has 1 fully saturated rings. The number of carboxylic acid groups (broad SMARTS) is 1. The van der Waals surface area contributed by atoms with Crippen molar-refractivity contribution in [2.75, 3.05) is 19.8 Å². The first-order chi connectivity index (χ1) is 8.89. The van der Waals surface area contributed by atoms with Crippen molar-refractivity contribution in [2.45, 2.75) is 45.1 Å². The van der Waals surface area contributed by atoms with Gasteiger partial charge in [-0.2, -0.15) is 0 Å². The lowest BCUT2D eigenvalue weighted by atomic mass is 9.98. The van der Waals surface area contributed by atoms with Crippen molar-refractivity contribution in [3.63, 3.8) is 0 Å². The smallest absolute Gasteiger partial charge is 0.315 e. The minimum Gasteiger partial charge on any atom is -0.481 e. The van der Waals surface area contributed by atoms with Gasteiger partial charge < -0.3 is 20.5 Å². The Hall–Kier alpha value is -1.30. The monoisotopic (exact) mass is 272 g/mol. The Morgan fingerprint density at radius 3 is 2.53 bits per heavy atom. The zero-order valence-electron chi connectivity index (χ0n) is 11.7. The number of carbonyl (C=O) groups is 2. The summed E-state index contributed by atoms with van der Waals surface area (Å²) in [6.45, 7) is 5.81. The molecule has 0 spiro atoms. The van der Waals surface area contributed by atoms with Crippen LogP contribution in [0.3, 0.4) is 0 Å². The van der Waals surface area contributed by atoms with E-state index in [2.05, 4.69) is 10.6 Å². The van der Waals surface area contributed by atoms with E-state index in [0.29, 0.717) is 18.9 Å². The van der Waals surface area contributed by atoms with E-state index in [-0.39, 0.29) is 12.5 Å². The molecule has 2 amide bonds. The maximum Gasteiger partial charge on any atom is 0.315 e. The molecular weight excluding hydrogens is 248 g/mol. The molecule has 0 radical (unpaired) electrons. The maximum atomic E-state index is 11.7. The van der Waals surface area contributed by atoms with Crippen molar-refractivity contribution in [1.82, 2.24) is 10.6 Å². The Bertz CT molecular complexity index is 312. The van der Waals surface area contributed by atoms with Crippen LogP contribution < -0.4 is 10.6 Å². The fourth-order valence-corrected chi connectivity index (χ4v) is 2.02. The topological polar surface area (TPSA) is 87.7 Å². The lowest BCUT2D eigenvalue weighted by Gasteiger charge is -2.27. The Morgan fingerprint density at radius 2 is 1.95 bits per heavy atom. The van der Waals surface area contributed by atoms with Gasteiger partial charge in [0, 0.05) is 31.7 Å². The Balaban J connectivity index is 2.23. The number of rotatable bonds is 6. The summed E-state index contributed by atoms with van der Waals surface area (Å²) in [5, 5.41) is 14.3. The van der Waals surface area contributed by atoms with E-state index in [9.17, 15) is 9.59 Å². The van der Waals surface area contributed by atoms with Crippen LogP contribution in [0.5, 0.6) is 0 Å². The Kier molecular flexibility index (Phi) is 6.08. The summed E-state index contributed by atoms with van der Waals surface area (Å²) in [7, 11) is 0. The minimum absolute atomic E-state index is 0.0489. The molecule has 0 saturated carbocycles. The third kappa shape index (κ3) is 7.00. The van der Waals surface area contributed by atoms with E-state index in [1.165, 1.54) is 0 Å². The molecule has 1 aliphatic heterocycles. The number of hydrogen-bond donors (Lipinski definition) is 3. The summed E-state index contributed by atoms with van der Waals surface area (Å²) in [4.78, 5) is 22.3. The number of urea groups is 1. The molecule has 6 nitrogen and oxygen atoms in total. The maximum absolute atomic E-state index is 11.7. The van der Waals surface area contributed by atoms with Crippen molar-refractivity contribution in [2.24, 2.45) is 5.92 Å². The van der Waals surface area contributed by atoms with Gasteiger partial charge in [-0.3, -0.25) is 4.79 Å². The van der Waals surface area contributed by atoms with Gasteiger partial charge in [-0.15, -0.1) is 0 Å². The first-order valence-electron chi connectivity index (χ1n) is 6.74. The van der Waals surface area contributed by atoms with Gasteiger partial charge in [0.15, 0.2) is 0 Å². The first kappa shape index (κ1) is 15.8. The van der Waals surface area contributed by atoms with Crippen molar-refractivity contribution in [3.05, 3.63) is 0 Å². The predicted octanol–water partition coefficient (Wildman–Crippen LogP) is 1.36. The number of carboxylic acids is 1. The van der Waals surface area contributed by atoms with Crippen molar-refractivity contribution >= 4 is 12.0 Å². The molecule has 6 heteroatoms. The van der Waals surface area contributed by atoms with Crippen molar-refractivity contribution in [1.29, 1.82) is 0 Å². The van der Waals surface area contributed by atoms with E-state index < -0.39 is 11.5 Å². The molecule has 0 aromatic carbocycles. The van der Waals surface area contributed by atoms with Crippen LogP contribution in [0.1, 0.15) is 39.5 Å². The van der Waals surface area contributed by atoms with Crippen molar-refractivity contribution in [3.8, 4) is 0 Å². The molecule has 0 atom stereocenters. The molecule has 0 unspecified atom stereocenters. The quantitative estimate of drug-likeness (QED) is 0.681. The predicted molar refractivity (Wildman–Crippen MR) is 71.0 cm³/mol. The van der Waals surface area contributed by atoms with Crippen LogP contribution >= 0.6 is 0 Å². The highest BCUT2D eigenvalue weighted by Crippen LogP contribution is 2.14. The van der Waals surface area contributed by atoms with Crippen LogP contribution in [0.2, 0.25) is 0 Å². The van der Waals surface area contributed by atoms with Gasteiger partial charge in [0.2, 0.25) is 0 Å². The number of ether oxygens (including phenoxy) is 1. The highest BCUT2D eigenvalue weighted by atomic mass is 16.5. The highest BCUT2D eigenvalue weighted by molar-refractivity contribution is 5.74. The van der Waals surface area contributed by atoms with Crippen LogP contribution in [0, 0.1) is 5.92 Å². The summed E-state index contributed by atoms with van der Waals surface area (Å²) >= 11 is 0. The SMILES string of the molecule is CC(C)(CCC(=O)O)NC(=O)NCC1CCOCC1. The summed E-state index contributed by atoms with van der Waals surface area (Å²) < 4.78 is 5.26. The van der Waals surface area contributed by atoms with Gasteiger partial charge in [-0.05, 0) is 39.0 Å². The summed E-state index contributed by atoms with van der Waals surface area (Å²) in [6.07, 6.45) is 2.41. The lowest BCUT2D eigenvalue weighted by molar-refractivity contribution is -0.137. The van der Waals surface area contributed by atoms with Crippen LogP contribution in [0.4, 0.5) is 4.79 Å². The molecule has 3 N–H and O–H groups in total. The molecule has 1 saturated heterocycles. The molecular formula is C13H24N2O4. The standard InChI is InChI=1S/C13H24N2O4/c1-13(2,6-3-11(16)17)15-12(18)14-9-10-4-7-19-8-5-10/h10H,3-9H2,1-2H3,(H,16,17)(H2,14,15,18). The molecule has 0 aromatic rings. The lowest BCUT2D eigenvalue weighted by Crippen LogP contribution is -2.49. The molecule has 19 heavy (non-hydrogen) atoms. The van der Waals surface area contributed by atoms with Crippen LogP contribution in [-0.4, -0.2) is 42.4 Å². The number of amides is 2. The van der Waals surface area contributed by atoms with E-state index in [0.717, 1.165) is 26.1 Å². The largest absolute Gasteiger partial charge is 0.481 e. The first-order valence-corrected chi connectivity index (χ1v) is 6.74. The average molecular weight is 272 g/mol. The number of carbonyl (C=O) groups excluding carboxylic acids is 1. The second-order valence-corrected chi connectivity index (χ2v) is 5.67. The number of aliphatic carboxylic acids is 1. The Morgan fingerprint density at radius 1 is 1.32 bits per heavy atom. The van der Waals surface area contributed by atoms with E-state index in [1.807, 2.05) is 13.8 Å². The normalized spacial score (nSPS) is 16.9. The van der Waals surface area contributed by atoms with Crippen LogP contribution in [0.15, 0.2) is 0 Å². The van der Waals surface area contributed by atoms with Crippen molar-refractivity contribution < 1.29 is 19.4 Å². The van der Waals surface area contributed by atoms with Crippen LogP contribution in [-0.2, 0) is 9.53 Å². The number of nitrogens with one attached hydrogen (secondary N) is 2. The second kappa shape index (κ2) is 7.33. The van der Waals surface area contributed by atoms with E-state index >= 15 is 0 Å². The Labute approximate surface area is 113 Å². The zero-order valence-corrected chi connectivity index (χ0v) is 11.7.